The molecule has 1 N–H and O–H groups in total. The van der Waals surface area contributed by atoms with Gasteiger partial charge in [0.15, 0.2) is 0 Å². The van der Waals surface area contributed by atoms with Gasteiger partial charge in [-0.3, -0.25) is 9.78 Å². The Labute approximate surface area is 157 Å². The predicted octanol–water partition coefficient (Wildman–Crippen LogP) is 2.72. The molecule has 1 aliphatic heterocycles. The third kappa shape index (κ3) is 3.48. The Kier molecular flexibility index (Phi) is 4.73. The minimum Gasteiger partial charge on any atom is -0.391 e. The molecule has 1 fully saturated rings. The van der Waals surface area contributed by atoms with Gasteiger partial charge >= 0.3 is 0 Å². The number of nitrogens with zero attached hydrogens (tertiary/aromatic N) is 3. The average Bonchev–Trinajstić information content (AvgIpc) is 3.26. The molecule has 0 aliphatic carbocycles. The molecular weight excluding hydrogens is 342 g/mol. The van der Waals surface area contributed by atoms with Crippen molar-refractivity contribution in [3.8, 4) is 11.3 Å². The molecule has 2 aromatic heterocycles. The first kappa shape index (κ1) is 17.4. The van der Waals surface area contributed by atoms with Crippen molar-refractivity contribution in [1.29, 1.82) is 0 Å². The number of aliphatic hydroxyl groups is 1. The number of amides is 1. The maximum atomic E-state index is 13.2. The molecule has 1 aliphatic rings. The topological polar surface area (TPSA) is 79.5 Å². The summed E-state index contributed by atoms with van der Waals surface area (Å²) in [6, 6.07) is 15.2. The van der Waals surface area contributed by atoms with E-state index in [9.17, 15) is 9.90 Å². The smallest absolute Gasteiger partial charge is 0.259 e. The zero-order valence-corrected chi connectivity index (χ0v) is 15.1. The zero-order chi connectivity index (χ0) is 18.8. The van der Waals surface area contributed by atoms with E-state index in [2.05, 4.69) is 10.1 Å². The van der Waals surface area contributed by atoms with Gasteiger partial charge in [0.05, 0.1) is 6.10 Å². The minimum absolute atomic E-state index is 0.0378. The molecule has 6 heteroatoms. The van der Waals surface area contributed by atoms with Gasteiger partial charge in [0.1, 0.15) is 17.0 Å². The van der Waals surface area contributed by atoms with E-state index in [1.165, 1.54) is 0 Å². The lowest BCUT2D eigenvalue weighted by Crippen LogP contribution is -2.30. The van der Waals surface area contributed by atoms with Gasteiger partial charge in [-0.25, -0.2) is 0 Å². The highest BCUT2D eigenvalue weighted by Gasteiger charge is 2.36. The van der Waals surface area contributed by atoms with Crippen LogP contribution in [0.25, 0.3) is 11.3 Å². The van der Waals surface area contributed by atoms with Crippen molar-refractivity contribution >= 4 is 5.91 Å². The number of benzene rings is 1. The van der Waals surface area contributed by atoms with Gasteiger partial charge < -0.3 is 14.5 Å². The van der Waals surface area contributed by atoms with Gasteiger partial charge in [0.25, 0.3) is 5.91 Å². The van der Waals surface area contributed by atoms with Crippen molar-refractivity contribution in [1.82, 2.24) is 15.0 Å². The van der Waals surface area contributed by atoms with Crippen LogP contribution in [-0.4, -0.2) is 45.2 Å². The number of hydrogen-bond donors (Lipinski definition) is 1. The van der Waals surface area contributed by atoms with Crippen LogP contribution in [0.3, 0.4) is 0 Å². The van der Waals surface area contributed by atoms with E-state index in [0.717, 1.165) is 11.3 Å². The average molecular weight is 363 g/mol. The molecule has 1 aromatic carbocycles. The molecule has 138 valence electrons. The molecular formula is C21H21N3O3. The van der Waals surface area contributed by atoms with Crippen LogP contribution in [0.15, 0.2) is 59.3 Å². The summed E-state index contributed by atoms with van der Waals surface area (Å²) in [5.74, 6) is 0.292. The third-order valence-electron chi connectivity index (χ3n) is 5.01. The first-order valence-corrected chi connectivity index (χ1v) is 9.02. The number of likely N-dealkylation sites (tertiary alicyclic amines) is 1. The lowest BCUT2D eigenvalue weighted by atomic mass is 10.00. The Morgan fingerprint density at radius 2 is 1.96 bits per heavy atom. The van der Waals surface area contributed by atoms with Crippen LogP contribution in [0.5, 0.6) is 0 Å². The van der Waals surface area contributed by atoms with Crippen molar-refractivity contribution in [2.45, 2.75) is 19.4 Å². The molecule has 0 unspecified atom stereocenters. The number of carbonyl (C=O) groups excluding carboxylic acids is 1. The van der Waals surface area contributed by atoms with E-state index < -0.39 is 6.10 Å². The maximum Gasteiger partial charge on any atom is 0.259 e. The summed E-state index contributed by atoms with van der Waals surface area (Å²) in [4.78, 5) is 19.2. The number of carbonyl (C=O) groups is 1. The van der Waals surface area contributed by atoms with Gasteiger partial charge in [-0.1, -0.05) is 41.6 Å². The van der Waals surface area contributed by atoms with Crippen LogP contribution in [0.4, 0.5) is 0 Å². The molecule has 2 atom stereocenters. The van der Waals surface area contributed by atoms with E-state index in [4.69, 9.17) is 4.52 Å². The van der Waals surface area contributed by atoms with Crippen molar-refractivity contribution in [2.24, 2.45) is 5.92 Å². The molecule has 6 nitrogen and oxygen atoms in total. The van der Waals surface area contributed by atoms with Gasteiger partial charge in [-0.15, -0.1) is 0 Å². The summed E-state index contributed by atoms with van der Waals surface area (Å²) >= 11 is 0. The molecule has 27 heavy (non-hydrogen) atoms. The first-order chi connectivity index (χ1) is 13.1. The fourth-order valence-corrected chi connectivity index (χ4v) is 3.58. The normalized spacial score (nSPS) is 19.4. The van der Waals surface area contributed by atoms with Gasteiger partial charge in [0.2, 0.25) is 0 Å². The predicted molar refractivity (Wildman–Crippen MR) is 100 cm³/mol. The van der Waals surface area contributed by atoms with Crippen LogP contribution in [0, 0.1) is 12.8 Å². The van der Waals surface area contributed by atoms with Crippen LogP contribution < -0.4 is 0 Å². The van der Waals surface area contributed by atoms with Crippen LogP contribution in [0.1, 0.15) is 21.8 Å². The Morgan fingerprint density at radius 1 is 1.19 bits per heavy atom. The number of pyridine rings is 1. The van der Waals surface area contributed by atoms with Gasteiger partial charge in [0, 0.05) is 36.5 Å². The van der Waals surface area contributed by atoms with Gasteiger partial charge in [-0.05, 0) is 25.5 Å². The lowest BCUT2D eigenvalue weighted by Gasteiger charge is -2.16. The van der Waals surface area contributed by atoms with E-state index in [0.29, 0.717) is 36.5 Å². The largest absolute Gasteiger partial charge is 0.391 e. The summed E-state index contributed by atoms with van der Waals surface area (Å²) in [5, 5.41) is 14.6. The number of hydrogen-bond acceptors (Lipinski definition) is 5. The molecule has 1 amide bonds. The SMILES string of the molecule is Cc1onc(-c2ccccc2)c1C(=O)N1C[C@@H](Cc2ccccn2)[C@H](O)C1. The fraction of sp³-hybridized carbons (Fsp3) is 0.286. The summed E-state index contributed by atoms with van der Waals surface area (Å²) in [6.07, 6.45) is 1.81. The van der Waals surface area contributed by atoms with Crippen molar-refractivity contribution in [3.05, 3.63) is 71.7 Å². The number of rotatable bonds is 4. The number of aryl methyl sites for hydroxylation is 1. The second-order valence-corrected chi connectivity index (χ2v) is 6.89. The molecule has 3 aromatic rings. The van der Waals surface area contributed by atoms with Crippen LogP contribution in [-0.2, 0) is 6.42 Å². The minimum atomic E-state index is -0.573. The Balaban J connectivity index is 1.55. The summed E-state index contributed by atoms with van der Waals surface area (Å²) in [7, 11) is 0. The Morgan fingerprint density at radius 3 is 2.70 bits per heavy atom. The molecule has 1 saturated heterocycles. The third-order valence-corrected chi connectivity index (χ3v) is 5.01. The van der Waals surface area contributed by atoms with E-state index in [1.54, 1.807) is 18.0 Å². The van der Waals surface area contributed by atoms with Crippen molar-refractivity contribution in [2.75, 3.05) is 13.1 Å². The molecule has 4 rings (SSSR count). The van der Waals surface area contributed by atoms with E-state index in [1.807, 2.05) is 48.5 Å². The Bertz CT molecular complexity index is 924. The maximum absolute atomic E-state index is 13.2. The van der Waals surface area contributed by atoms with Crippen molar-refractivity contribution < 1.29 is 14.4 Å². The second-order valence-electron chi connectivity index (χ2n) is 6.89. The second kappa shape index (κ2) is 7.32. The lowest BCUT2D eigenvalue weighted by molar-refractivity contribution is 0.0763. The molecule has 3 heterocycles. The zero-order valence-electron chi connectivity index (χ0n) is 15.1. The first-order valence-electron chi connectivity index (χ1n) is 9.02. The highest BCUT2D eigenvalue weighted by Crippen LogP contribution is 2.29. The summed E-state index contributed by atoms with van der Waals surface area (Å²) < 4.78 is 5.31. The standard InChI is InChI=1S/C21H21N3O3/c1-14-19(20(23-27-14)15-7-3-2-4-8-15)21(26)24-12-16(18(25)13-24)11-17-9-5-6-10-22-17/h2-10,16,18,25H,11-13H2,1H3/t16-,18-/m1/s1. The molecule has 0 saturated carbocycles. The number of β-amino-alcohol motifs (C(OH)–C–C–N with tert-alkyl or cyclic N) is 1. The van der Waals surface area contributed by atoms with Crippen LogP contribution in [0.2, 0.25) is 0 Å². The molecule has 0 bridgehead atoms. The van der Waals surface area contributed by atoms with Gasteiger partial charge in [-0.2, -0.15) is 0 Å². The summed E-state index contributed by atoms with van der Waals surface area (Å²) in [5.41, 5.74) is 2.76. The monoisotopic (exact) mass is 363 g/mol. The summed E-state index contributed by atoms with van der Waals surface area (Å²) in [6.45, 7) is 2.52. The molecule has 0 spiro atoms. The number of aromatic nitrogens is 2. The fourth-order valence-electron chi connectivity index (χ4n) is 3.58. The molecule has 0 radical (unpaired) electrons. The van der Waals surface area contributed by atoms with E-state index >= 15 is 0 Å². The van der Waals surface area contributed by atoms with Crippen molar-refractivity contribution in [3.63, 3.8) is 0 Å². The quantitative estimate of drug-likeness (QED) is 0.771. The highest BCUT2D eigenvalue weighted by atomic mass is 16.5. The highest BCUT2D eigenvalue weighted by molar-refractivity contribution is 6.01. The van der Waals surface area contributed by atoms with E-state index in [-0.39, 0.29) is 11.8 Å². The Hall–Kier alpha value is -2.99. The number of aliphatic hydroxyl groups excluding tert-OH is 1. The van der Waals surface area contributed by atoms with Crippen LogP contribution >= 0.6 is 0 Å².